The number of hydrogen-bond acceptors (Lipinski definition) is 6. The van der Waals surface area contributed by atoms with Crippen molar-refractivity contribution in [1.29, 1.82) is 0 Å². The fourth-order valence-electron chi connectivity index (χ4n) is 3.97. The highest BCUT2D eigenvalue weighted by Crippen LogP contribution is 2.27. The van der Waals surface area contributed by atoms with Crippen molar-refractivity contribution in [3.63, 3.8) is 0 Å². The molecule has 0 aliphatic carbocycles. The van der Waals surface area contributed by atoms with E-state index in [0.717, 1.165) is 0 Å². The summed E-state index contributed by atoms with van der Waals surface area (Å²) < 4.78 is 12.7. The van der Waals surface area contributed by atoms with Crippen molar-refractivity contribution < 1.29 is 19.1 Å². The zero-order valence-electron chi connectivity index (χ0n) is 21.0. The Labute approximate surface area is 214 Å². The van der Waals surface area contributed by atoms with Gasteiger partial charge in [-0.15, -0.1) is 0 Å². The third-order valence-corrected chi connectivity index (χ3v) is 5.61. The molecule has 4 aromatic rings. The molecule has 0 radical (unpaired) electrons. The van der Waals surface area contributed by atoms with E-state index in [9.17, 15) is 14.4 Å². The molecule has 37 heavy (non-hydrogen) atoms. The summed E-state index contributed by atoms with van der Waals surface area (Å²) >= 11 is 0. The molecule has 8 heteroatoms. The number of carbonyl (C=O) groups excluding carboxylic acids is 2. The maximum absolute atomic E-state index is 13.5. The first-order chi connectivity index (χ1) is 17.9. The van der Waals surface area contributed by atoms with Gasteiger partial charge in [-0.25, -0.2) is 9.48 Å². The van der Waals surface area contributed by atoms with E-state index >= 15 is 0 Å². The topological polar surface area (TPSA) is 99.5 Å². The predicted octanol–water partition coefficient (Wildman–Crippen LogP) is 4.99. The number of benzene rings is 3. The van der Waals surface area contributed by atoms with Crippen LogP contribution in [0.3, 0.4) is 0 Å². The average Bonchev–Trinajstić information content (AvgIpc) is 2.90. The SMILES string of the molecule is CCOc1ccccc1NC(=O)C(OC(=O)c1nn(CC(C)C)c(=O)c2ccccc12)c1ccccc1. The van der Waals surface area contributed by atoms with Crippen LogP contribution in [0.4, 0.5) is 5.69 Å². The molecule has 8 nitrogen and oxygen atoms in total. The number of carbonyl (C=O) groups is 2. The number of hydrogen-bond donors (Lipinski definition) is 1. The number of amides is 1. The van der Waals surface area contributed by atoms with E-state index in [2.05, 4.69) is 10.4 Å². The van der Waals surface area contributed by atoms with E-state index < -0.39 is 18.0 Å². The van der Waals surface area contributed by atoms with Gasteiger partial charge in [-0.1, -0.05) is 74.5 Å². The summed E-state index contributed by atoms with van der Waals surface area (Å²) in [6, 6.07) is 22.5. The second kappa shape index (κ2) is 11.5. The van der Waals surface area contributed by atoms with E-state index in [1.54, 1.807) is 72.8 Å². The number of nitrogens with zero attached hydrogens (tertiary/aromatic N) is 2. The van der Waals surface area contributed by atoms with Crippen LogP contribution in [0.2, 0.25) is 0 Å². The van der Waals surface area contributed by atoms with Crippen LogP contribution in [0.1, 0.15) is 42.9 Å². The Kier molecular flexibility index (Phi) is 7.98. The van der Waals surface area contributed by atoms with E-state index in [1.165, 1.54) is 4.68 Å². The molecule has 1 amide bonds. The van der Waals surface area contributed by atoms with E-state index in [0.29, 0.717) is 40.9 Å². The average molecular weight is 500 g/mol. The standard InChI is InChI=1S/C29H29N3O5/c1-4-36-24-17-11-10-16-23(24)30-27(33)26(20-12-6-5-7-13-20)37-29(35)25-21-14-8-9-15-22(21)28(34)32(31-25)18-19(2)3/h5-17,19,26H,4,18H2,1-3H3,(H,30,33). The molecule has 0 aliphatic heterocycles. The highest BCUT2D eigenvalue weighted by atomic mass is 16.5. The monoisotopic (exact) mass is 499 g/mol. The summed E-state index contributed by atoms with van der Waals surface area (Å²) in [7, 11) is 0. The van der Waals surface area contributed by atoms with Gasteiger partial charge in [0.2, 0.25) is 6.10 Å². The van der Waals surface area contributed by atoms with Crippen LogP contribution in [-0.4, -0.2) is 28.3 Å². The molecule has 1 unspecified atom stereocenters. The second-order valence-corrected chi connectivity index (χ2v) is 8.89. The molecule has 4 rings (SSSR count). The molecule has 0 fully saturated rings. The lowest BCUT2D eigenvalue weighted by Gasteiger charge is -2.20. The van der Waals surface area contributed by atoms with Gasteiger partial charge in [-0.05, 0) is 31.0 Å². The molecular weight excluding hydrogens is 470 g/mol. The molecule has 1 atom stereocenters. The van der Waals surface area contributed by atoms with E-state index in [-0.39, 0.29) is 17.2 Å². The fraction of sp³-hybridized carbons (Fsp3) is 0.241. The van der Waals surface area contributed by atoms with Crippen molar-refractivity contribution in [2.24, 2.45) is 5.92 Å². The third kappa shape index (κ3) is 5.86. The van der Waals surface area contributed by atoms with E-state index in [4.69, 9.17) is 9.47 Å². The van der Waals surface area contributed by atoms with Gasteiger partial charge in [0, 0.05) is 17.5 Å². The Hall–Kier alpha value is -4.46. The Bertz CT molecular complexity index is 1460. The first-order valence-corrected chi connectivity index (χ1v) is 12.2. The van der Waals surface area contributed by atoms with Gasteiger partial charge in [0.05, 0.1) is 17.7 Å². The van der Waals surface area contributed by atoms with E-state index in [1.807, 2.05) is 26.8 Å². The normalized spacial score (nSPS) is 11.8. The minimum Gasteiger partial charge on any atom is -0.492 e. The summed E-state index contributed by atoms with van der Waals surface area (Å²) in [5, 5.41) is 7.89. The minimum absolute atomic E-state index is 0.0284. The molecule has 3 aromatic carbocycles. The number of anilines is 1. The van der Waals surface area contributed by atoms with Crippen LogP contribution < -0.4 is 15.6 Å². The van der Waals surface area contributed by atoms with Gasteiger partial charge >= 0.3 is 5.97 Å². The van der Waals surface area contributed by atoms with Gasteiger partial charge < -0.3 is 14.8 Å². The maximum Gasteiger partial charge on any atom is 0.360 e. The van der Waals surface area contributed by atoms with Crippen LogP contribution >= 0.6 is 0 Å². The lowest BCUT2D eigenvalue weighted by Crippen LogP contribution is -2.30. The highest BCUT2D eigenvalue weighted by molar-refractivity contribution is 6.04. The summed E-state index contributed by atoms with van der Waals surface area (Å²) in [4.78, 5) is 39.9. The smallest absolute Gasteiger partial charge is 0.360 e. The number of esters is 1. The van der Waals surface area contributed by atoms with Crippen LogP contribution in [0, 0.1) is 5.92 Å². The lowest BCUT2D eigenvalue weighted by atomic mass is 10.1. The summed E-state index contributed by atoms with van der Waals surface area (Å²) in [5.74, 6) is -0.726. The van der Waals surface area contributed by atoms with Crippen LogP contribution in [-0.2, 0) is 16.1 Å². The van der Waals surface area contributed by atoms with Gasteiger partial charge in [0.1, 0.15) is 5.75 Å². The third-order valence-electron chi connectivity index (χ3n) is 5.61. The Morgan fingerprint density at radius 2 is 1.57 bits per heavy atom. The molecule has 1 aromatic heterocycles. The van der Waals surface area contributed by atoms with Gasteiger partial charge in [0.15, 0.2) is 5.69 Å². The number of fused-ring (bicyclic) bond motifs is 1. The summed E-state index contributed by atoms with van der Waals surface area (Å²) in [5.41, 5.74) is 0.632. The van der Waals surface area contributed by atoms with Crippen molar-refractivity contribution >= 4 is 28.3 Å². The predicted molar refractivity (Wildman–Crippen MR) is 142 cm³/mol. The fourth-order valence-corrected chi connectivity index (χ4v) is 3.97. The molecule has 0 saturated heterocycles. The Balaban J connectivity index is 1.72. The van der Waals surface area contributed by atoms with Crippen molar-refractivity contribution in [1.82, 2.24) is 9.78 Å². The Morgan fingerprint density at radius 1 is 0.919 bits per heavy atom. The van der Waals surface area contributed by atoms with Crippen molar-refractivity contribution in [2.75, 3.05) is 11.9 Å². The lowest BCUT2D eigenvalue weighted by molar-refractivity contribution is -0.125. The molecule has 190 valence electrons. The first kappa shape index (κ1) is 25.6. The van der Waals surface area contributed by atoms with Gasteiger partial charge in [-0.3, -0.25) is 9.59 Å². The largest absolute Gasteiger partial charge is 0.492 e. The minimum atomic E-state index is -1.27. The number of nitrogens with one attached hydrogen (secondary N) is 1. The number of ether oxygens (including phenoxy) is 2. The summed E-state index contributed by atoms with van der Waals surface area (Å²) in [6.45, 7) is 6.52. The molecule has 0 spiro atoms. The quantitative estimate of drug-likeness (QED) is 0.326. The molecule has 0 aliphatic rings. The number of para-hydroxylation sites is 2. The van der Waals surface area contributed by atoms with Crippen LogP contribution in [0.5, 0.6) is 5.75 Å². The highest BCUT2D eigenvalue weighted by Gasteiger charge is 2.28. The van der Waals surface area contributed by atoms with Crippen LogP contribution in [0.15, 0.2) is 83.7 Å². The molecule has 1 heterocycles. The zero-order chi connectivity index (χ0) is 26.4. The summed E-state index contributed by atoms with van der Waals surface area (Å²) in [6.07, 6.45) is -1.27. The number of rotatable bonds is 9. The second-order valence-electron chi connectivity index (χ2n) is 8.89. The molecule has 1 N–H and O–H groups in total. The van der Waals surface area contributed by atoms with Gasteiger partial charge in [0.25, 0.3) is 11.5 Å². The zero-order valence-corrected chi connectivity index (χ0v) is 21.0. The number of aromatic nitrogens is 2. The Morgan fingerprint density at radius 3 is 2.27 bits per heavy atom. The maximum atomic E-state index is 13.5. The van der Waals surface area contributed by atoms with Crippen LogP contribution in [0.25, 0.3) is 10.8 Å². The van der Waals surface area contributed by atoms with Crippen molar-refractivity contribution in [3.8, 4) is 5.75 Å². The molecule has 0 saturated carbocycles. The first-order valence-electron chi connectivity index (χ1n) is 12.2. The molecular formula is C29H29N3O5. The van der Waals surface area contributed by atoms with Crippen molar-refractivity contribution in [3.05, 3.63) is 100 Å². The van der Waals surface area contributed by atoms with Gasteiger partial charge in [-0.2, -0.15) is 5.10 Å². The molecule has 0 bridgehead atoms. The van der Waals surface area contributed by atoms with Crippen molar-refractivity contribution in [2.45, 2.75) is 33.4 Å².